The highest BCUT2D eigenvalue weighted by atomic mass is 79.9. The molecule has 4 rings (SSSR count). The molecular formula is C17H12BrFN4O2. The Morgan fingerprint density at radius 3 is 2.52 bits per heavy atom. The molecule has 2 aromatic carbocycles. The molecule has 0 amide bonds. The third-order valence-corrected chi connectivity index (χ3v) is 4.69. The van der Waals surface area contributed by atoms with Gasteiger partial charge in [-0.05, 0) is 40.1 Å². The first-order valence-electron chi connectivity index (χ1n) is 7.55. The van der Waals surface area contributed by atoms with Gasteiger partial charge < -0.3 is 15.1 Å². The molecule has 1 N–H and O–H groups in total. The summed E-state index contributed by atoms with van der Waals surface area (Å²) in [4.78, 5) is 0. The standard InChI is InChI=1S/C17H12BrFN4O2/c18-16-17(24)25-22-23(16)13-7-3-11(4-8-13)15-9-14(20-21-15)10-1-5-12(19)6-2-10/h1-8,14H,9H2,(H-,20,22,24). The van der Waals surface area contributed by atoms with Gasteiger partial charge in [-0.3, -0.25) is 0 Å². The van der Waals surface area contributed by atoms with Crippen molar-refractivity contribution in [3.05, 3.63) is 70.1 Å². The first-order valence-corrected chi connectivity index (χ1v) is 8.34. The van der Waals surface area contributed by atoms with E-state index in [4.69, 9.17) is 0 Å². The Morgan fingerprint density at radius 1 is 1.16 bits per heavy atom. The van der Waals surface area contributed by atoms with Crippen molar-refractivity contribution in [2.45, 2.75) is 12.5 Å². The SMILES string of the molecule is [O-]c1on[n+](-c2ccc(C3=NNC(c4ccc(F)cc4)C3)cc2)c1Br. The van der Waals surface area contributed by atoms with Crippen molar-refractivity contribution in [1.82, 2.24) is 10.7 Å². The van der Waals surface area contributed by atoms with E-state index in [-0.39, 0.29) is 16.5 Å². The van der Waals surface area contributed by atoms with Gasteiger partial charge in [-0.1, -0.05) is 12.1 Å². The molecule has 1 aromatic heterocycles. The van der Waals surface area contributed by atoms with Crippen LogP contribution < -0.4 is 15.2 Å². The Kier molecular flexibility index (Phi) is 3.96. The molecule has 8 heteroatoms. The molecule has 126 valence electrons. The van der Waals surface area contributed by atoms with Gasteiger partial charge in [-0.15, -0.1) is 0 Å². The number of hydrogen-bond acceptors (Lipinski definition) is 5. The van der Waals surface area contributed by atoms with Crippen molar-refractivity contribution in [1.29, 1.82) is 0 Å². The van der Waals surface area contributed by atoms with Gasteiger partial charge in [0.25, 0.3) is 0 Å². The molecule has 25 heavy (non-hydrogen) atoms. The van der Waals surface area contributed by atoms with E-state index in [1.54, 1.807) is 12.1 Å². The summed E-state index contributed by atoms with van der Waals surface area (Å²) < 4.78 is 19.2. The summed E-state index contributed by atoms with van der Waals surface area (Å²) in [5.41, 5.74) is 6.64. The van der Waals surface area contributed by atoms with Crippen LogP contribution in [0.25, 0.3) is 5.69 Å². The lowest BCUT2D eigenvalue weighted by atomic mass is 9.99. The zero-order valence-corrected chi connectivity index (χ0v) is 14.4. The van der Waals surface area contributed by atoms with E-state index < -0.39 is 5.95 Å². The molecule has 3 aromatic rings. The van der Waals surface area contributed by atoms with Gasteiger partial charge in [0.15, 0.2) is 5.95 Å². The average Bonchev–Trinajstić information content (AvgIpc) is 3.24. The van der Waals surface area contributed by atoms with Crippen LogP contribution in [-0.4, -0.2) is 11.0 Å². The molecule has 2 heterocycles. The van der Waals surface area contributed by atoms with Crippen LogP contribution in [0.2, 0.25) is 0 Å². The molecule has 0 spiro atoms. The zero-order valence-electron chi connectivity index (χ0n) is 12.8. The van der Waals surface area contributed by atoms with Crippen LogP contribution >= 0.6 is 15.9 Å². The highest BCUT2D eigenvalue weighted by Gasteiger charge is 2.22. The second-order valence-electron chi connectivity index (χ2n) is 5.61. The summed E-state index contributed by atoms with van der Waals surface area (Å²) in [5, 5.41) is 19.4. The Bertz CT molecular complexity index is 938. The molecule has 1 aliphatic heterocycles. The molecule has 0 radical (unpaired) electrons. The summed E-state index contributed by atoms with van der Waals surface area (Å²) in [6, 6.07) is 13.9. The number of benzene rings is 2. The minimum atomic E-state index is -0.532. The van der Waals surface area contributed by atoms with Gasteiger partial charge in [0, 0.05) is 34.5 Å². The maximum Gasteiger partial charge on any atom is 0.305 e. The maximum atomic E-state index is 13.0. The molecular weight excluding hydrogens is 391 g/mol. The Labute approximate surface area is 150 Å². The van der Waals surface area contributed by atoms with E-state index in [2.05, 4.69) is 36.3 Å². The van der Waals surface area contributed by atoms with E-state index in [1.165, 1.54) is 16.8 Å². The largest absolute Gasteiger partial charge is 0.538 e. The number of nitrogens with zero attached hydrogens (tertiary/aromatic N) is 3. The molecule has 1 aliphatic rings. The van der Waals surface area contributed by atoms with E-state index >= 15 is 0 Å². The van der Waals surface area contributed by atoms with Crippen molar-refractivity contribution in [3.63, 3.8) is 0 Å². The molecule has 0 fully saturated rings. The molecule has 0 aliphatic carbocycles. The van der Waals surface area contributed by atoms with Crippen molar-refractivity contribution >= 4 is 21.6 Å². The van der Waals surface area contributed by atoms with E-state index in [1.807, 2.05) is 24.3 Å². The zero-order chi connectivity index (χ0) is 17.4. The topological polar surface area (TPSA) is 77.4 Å². The molecule has 6 nitrogen and oxygen atoms in total. The first kappa shape index (κ1) is 15.8. The summed E-state index contributed by atoms with van der Waals surface area (Å²) in [6.07, 6.45) is 0.705. The van der Waals surface area contributed by atoms with Gasteiger partial charge in [0.05, 0.1) is 17.0 Å². The smallest absolute Gasteiger partial charge is 0.305 e. The van der Waals surface area contributed by atoms with Gasteiger partial charge in [-0.25, -0.2) is 4.39 Å². The minimum absolute atomic E-state index is 0.0253. The van der Waals surface area contributed by atoms with Gasteiger partial charge in [0.2, 0.25) is 5.69 Å². The van der Waals surface area contributed by atoms with E-state index in [0.29, 0.717) is 12.1 Å². The maximum absolute atomic E-state index is 13.0. The van der Waals surface area contributed by atoms with Crippen molar-refractivity contribution in [2.75, 3.05) is 0 Å². The molecule has 0 saturated carbocycles. The van der Waals surface area contributed by atoms with Crippen LogP contribution in [0.15, 0.2) is 62.8 Å². The molecule has 0 bridgehead atoms. The van der Waals surface area contributed by atoms with Crippen LogP contribution in [0, 0.1) is 5.82 Å². The Hall–Kier alpha value is -2.74. The van der Waals surface area contributed by atoms with Crippen LogP contribution in [0.4, 0.5) is 4.39 Å². The summed E-state index contributed by atoms with van der Waals surface area (Å²) >= 11 is 3.14. The first-order chi connectivity index (χ1) is 12.1. The van der Waals surface area contributed by atoms with Gasteiger partial charge in [-0.2, -0.15) is 5.10 Å². The normalized spacial score (nSPS) is 16.6. The molecule has 1 atom stereocenters. The predicted octanol–water partition coefficient (Wildman–Crippen LogP) is 2.37. The monoisotopic (exact) mass is 402 g/mol. The van der Waals surface area contributed by atoms with Crippen LogP contribution in [0.1, 0.15) is 23.6 Å². The molecule has 0 saturated heterocycles. The Balaban J connectivity index is 1.51. The average molecular weight is 403 g/mol. The van der Waals surface area contributed by atoms with Crippen molar-refractivity contribution in [3.8, 4) is 11.6 Å². The number of aromatic nitrogens is 2. The number of rotatable bonds is 3. The number of hydrogen-bond donors (Lipinski definition) is 1. The lowest BCUT2D eigenvalue weighted by Gasteiger charge is -2.09. The predicted molar refractivity (Wildman–Crippen MR) is 88.6 cm³/mol. The third kappa shape index (κ3) is 3.00. The second-order valence-corrected chi connectivity index (χ2v) is 6.36. The lowest BCUT2D eigenvalue weighted by Crippen LogP contribution is -2.33. The van der Waals surface area contributed by atoms with Crippen molar-refractivity contribution in [2.24, 2.45) is 5.10 Å². The highest BCUT2D eigenvalue weighted by molar-refractivity contribution is 9.10. The summed E-state index contributed by atoms with van der Waals surface area (Å²) in [7, 11) is 0. The van der Waals surface area contributed by atoms with Crippen LogP contribution in [0.5, 0.6) is 5.95 Å². The fourth-order valence-electron chi connectivity index (χ4n) is 2.70. The van der Waals surface area contributed by atoms with E-state index in [9.17, 15) is 9.50 Å². The summed E-state index contributed by atoms with van der Waals surface area (Å²) in [6.45, 7) is 0. The quantitative estimate of drug-likeness (QED) is 0.682. The highest BCUT2D eigenvalue weighted by Crippen LogP contribution is 2.25. The fraction of sp³-hybridized carbons (Fsp3) is 0.118. The molecule has 1 unspecified atom stereocenters. The van der Waals surface area contributed by atoms with Gasteiger partial charge in [0.1, 0.15) is 5.82 Å². The Morgan fingerprint density at radius 2 is 1.88 bits per heavy atom. The van der Waals surface area contributed by atoms with Gasteiger partial charge >= 0.3 is 4.60 Å². The summed E-state index contributed by atoms with van der Waals surface area (Å²) in [5.74, 6) is -0.785. The van der Waals surface area contributed by atoms with Crippen LogP contribution in [0.3, 0.4) is 0 Å². The van der Waals surface area contributed by atoms with E-state index in [0.717, 1.165) is 16.8 Å². The van der Waals surface area contributed by atoms with Crippen LogP contribution in [-0.2, 0) is 0 Å². The number of halogens is 2. The van der Waals surface area contributed by atoms with Crippen molar-refractivity contribution < 1.29 is 18.7 Å². The lowest BCUT2D eigenvalue weighted by molar-refractivity contribution is -0.680. The second kappa shape index (κ2) is 6.29. The third-order valence-electron chi connectivity index (χ3n) is 4.03. The fourth-order valence-corrected chi connectivity index (χ4v) is 3.05. The minimum Gasteiger partial charge on any atom is -0.538 e. The number of hydrazone groups is 1. The number of nitrogens with one attached hydrogen (secondary N) is 1.